The van der Waals surface area contributed by atoms with Crippen molar-refractivity contribution in [2.24, 2.45) is 17.3 Å². The Kier molecular flexibility index (Phi) is 6.42. The number of likely N-dealkylation sites (N-methyl/N-ethyl adjacent to an activating group) is 1. The van der Waals surface area contributed by atoms with E-state index in [9.17, 15) is 10.2 Å². The van der Waals surface area contributed by atoms with E-state index in [-0.39, 0.29) is 18.2 Å². The SMILES string of the molecule is COc1c2c(cc3c1[C@H](C#CCOc1ccc4c(c1)CC[C@@H]1[C@H]4CC[C@]4(C)[C@@H](O)[C@H](O)C[C@@H]14)N(C)CC3)OCO2. The molecule has 0 saturated heterocycles. The van der Waals surface area contributed by atoms with E-state index in [1.165, 1.54) is 16.7 Å². The molecule has 7 rings (SSSR count). The van der Waals surface area contributed by atoms with Gasteiger partial charge >= 0.3 is 0 Å². The van der Waals surface area contributed by atoms with Gasteiger partial charge in [0.15, 0.2) is 11.5 Å². The van der Waals surface area contributed by atoms with E-state index < -0.39 is 12.2 Å². The summed E-state index contributed by atoms with van der Waals surface area (Å²) >= 11 is 0. The molecule has 7 nitrogen and oxygen atoms in total. The van der Waals surface area contributed by atoms with Gasteiger partial charge in [0.1, 0.15) is 18.4 Å². The van der Waals surface area contributed by atoms with Crippen molar-refractivity contribution < 1.29 is 29.2 Å². The molecule has 7 atom stereocenters. The summed E-state index contributed by atoms with van der Waals surface area (Å²) in [6.07, 6.45) is 4.61. The first-order chi connectivity index (χ1) is 19.4. The number of aliphatic hydroxyl groups excluding tert-OH is 2. The molecule has 0 bridgehead atoms. The molecule has 0 spiro atoms. The third-order valence-corrected chi connectivity index (χ3v) is 10.6. The molecule has 40 heavy (non-hydrogen) atoms. The molecule has 0 amide bonds. The lowest BCUT2D eigenvalue weighted by Crippen LogP contribution is -2.44. The molecule has 5 aliphatic rings. The molecular formula is C33H39NO6. The number of fused-ring (bicyclic) bond motifs is 7. The van der Waals surface area contributed by atoms with E-state index in [0.29, 0.717) is 30.1 Å². The topological polar surface area (TPSA) is 80.6 Å². The number of methoxy groups -OCH3 is 1. The largest absolute Gasteiger partial charge is 0.492 e. The summed E-state index contributed by atoms with van der Waals surface area (Å²) in [5.41, 5.74) is 4.90. The van der Waals surface area contributed by atoms with E-state index in [4.69, 9.17) is 18.9 Å². The van der Waals surface area contributed by atoms with Gasteiger partial charge in [-0.3, -0.25) is 4.90 Å². The van der Waals surface area contributed by atoms with Gasteiger partial charge in [0.25, 0.3) is 0 Å². The fraction of sp³-hybridized carbons (Fsp3) is 0.576. The number of rotatable bonds is 3. The molecule has 2 heterocycles. The Hall–Kier alpha value is -2.92. The standard InChI is InChI=1S/C33H39NO6/c1-33-12-10-23-22-9-7-21(15-19(22)6-8-24(23)25(33)17-27(35)32(33)36)38-14-4-5-26-29-20(11-13-34(26)2)16-28-30(31(29)37-3)40-18-39-28/h7,9,15-16,23-27,32,35-36H,6,8,10-14,17-18H2,1-3H3/t23-,24+,25-,26-,27+,32-,33-/m0/s1. The van der Waals surface area contributed by atoms with Crippen molar-refractivity contribution >= 4 is 0 Å². The van der Waals surface area contributed by atoms with Gasteiger partial charge in [-0.05, 0) is 104 Å². The molecule has 0 aromatic heterocycles. The lowest BCUT2D eigenvalue weighted by molar-refractivity contribution is -0.0505. The summed E-state index contributed by atoms with van der Waals surface area (Å²) in [5, 5.41) is 21.1. The number of ether oxygens (including phenoxy) is 4. The first kappa shape index (κ1) is 26.0. The Balaban J connectivity index is 1.06. The Morgan fingerprint density at radius 2 is 2.00 bits per heavy atom. The predicted molar refractivity (Wildman–Crippen MR) is 150 cm³/mol. The molecule has 212 valence electrons. The van der Waals surface area contributed by atoms with Gasteiger partial charge in [0.05, 0.1) is 19.3 Å². The van der Waals surface area contributed by atoms with Crippen molar-refractivity contribution in [3.05, 3.63) is 46.5 Å². The second kappa shape index (κ2) is 9.87. The minimum absolute atomic E-state index is 0.109. The van der Waals surface area contributed by atoms with Crippen LogP contribution in [0.2, 0.25) is 0 Å². The number of aryl methyl sites for hydroxylation is 1. The minimum atomic E-state index is -0.595. The second-order valence-corrected chi connectivity index (χ2v) is 12.5. The van der Waals surface area contributed by atoms with Crippen LogP contribution in [0.4, 0.5) is 0 Å². The first-order valence-electron chi connectivity index (χ1n) is 14.7. The van der Waals surface area contributed by atoms with Crippen LogP contribution in [0.15, 0.2) is 24.3 Å². The van der Waals surface area contributed by atoms with E-state index in [0.717, 1.165) is 67.9 Å². The molecule has 2 saturated carbocycles. The fourth-order valence-electron chi connectivity index (χ4n) is 8.51. The monoisotopic (exact) mass is 545 g/mol. The van der Waals surface area contributed by atoms with Crippen LogP contribution in [0.25, 0.3) is 0 Å². The summed E-state index contributed by atoms with van der Waals surface area (Å²) in [5.74, 6) is 11.1. The summed E-state index contributed by atoms with van der Waals surface area (Å²) in [7, 11) is 3.76. The van der Waals surface area contributed by atoms with Crippen LogP contribution >= 0.6 is 0 Å². The van der Waals surface area contributed by atoms with E-state index >= 15 is 0 Å². The lowest BCUT2D eigenvalue weighted by atomic mass is 9.55. The van der Waals surface area contributed by atoms with Gasteiger partial charge in [0, 0.05) is 12.1 Å². The average molecular weight is 546 g/mol. The number of hydrogen-bond acceptors (Lipinski definition) is 7. The number of benzene rings is 2. The highest BCUT2D eigenvalue weighted by molar-refractivity contribution is 5.63. The Labute approximate surface area is 236 Å². The highest BCUT2D eigenvalue weighted by Crippen LogP contribution is 2.61. The van der Waals surface area contributed by atoms with Crippen molar-refractivity contribution in [2.45, 2.75) is 69.6 Å². The second-order valence-electron chi connectivity index (χ2n) is 12.5. The van der Waals surface area contributed by atoms with Crippen molar-refractivity contribution in [1.29, 1.82) is 0 Å². The van der Waals surface area contributed by atoms with Crippen molar-refractivity contribution in [1.82, 2.24) is 4.90 Å². The Morgan fingerprint density at radius 3 is 2.85 bits per heavy atom. The molecule has 2 aromatic carbocycles. The Morgan fingerprint density at radius 1 is 1.12 bits per heavy atom. The van der Waals surface area contributed by atoms with Gasteiger partial charge in [-0.15, -0.1) is 0 Å². The van der Waals surface area contributed by atoms with Crippen molar-refractivity contribution in [2.75, 3.05) is 34.1 Å². The molecule has 2 fully saturated rings. The molecule has 2 N–H and O–H groups in total. The zero-order valence-corrected chi connectivity index (χ0v) is 23.6. The fourth-order valence-corrected chi connectivity index (χ4v) is 8.51. The maximum Gasteiger partial charge on any atom is 0.231 e. The highest BCUT2D eigenvalue weighted by atomic mass is 16.7. The van der Waals surface area contributed by atoms with Crippen LogP contribution in [-0.4, -0.2) is 61.4 Å². The van der Waals surface area contributed by atoms with Crippen LogP contribution in [0.3, 0.4) is 0 Å². The van der Waals surface area contributed by atoms with Crippen LogP contribution in [-0.2, 0) is 12.8 Å². The smallest absolute Gasteiger partial charge is 0.231 e. The van der Waals surface area contributed by atoms with E-state index in [1.54, 1.807) is 7.11 Å². The van der Waals surface area contributed by atoms with Gasteiger partial charge in [0.2, 0.25) is 12.5 Å². The maximum atomic E-state index is 10.7. The quantitative estimate of drug-likeness (QED) is 0.559. The summed E-state index contributed by atoms with van der Waals surface area (Å²) in [4.78, 5) is 2.24. The van der Waals surface area contributed by atoms with Crippen LogP contribution in [0.1, 0.15) is 66.8 Å². The van der Waals surface area contributed by atoms with Crippen molar-refractivity contribution in [3.8, 4) is 34.8 Å². The summed E-state index contributed by atoms with van der Waals surface area (Å²) in [6, 6.07) is 8.49. The molecule has 2 aliphatic heterocycles. The van der Waals surface area contributed by atoms with E-state index in [1.807, 2.05) is 0 Å². The number of nitrogens with zero attached hydrogens (tertiary/aromatic N) is 1. The highest BCUT2D eigenvalue weighted by Gasteiger charge is 2.57. The summed E-state index contributed by atoms with van der Waals surface area (Å²) in [6.45, 7) is 3.62. The summed E-state index contributed by atoms with van der Waals surface area (Å²) < 4.78 is 23.2. The maximum absolute atomic E-state index is 10.7. The zero-order chi connectivity index (χ0) is 27.6. The van der Waals surface area contributed by atoms with Gasteiger partial charge < -0.3 is 29.2 Å². The Bertz CT molecular complexity index is 1380. The van der Waals surface area contributed by atoms with Crippen LogP contribution in [0.5, 0.6) is 23.0 Å². The third kappa shape index (κ3) is 3.99. The average Bonchev–Trinajstić information content (AvgIpc) is 3.52. The lowest BCUT2D eigenvalue weighted by Gasteiger charge is -2.49. The normalized spacial score (nSPS) is 33.6. The zero-order valence-electron chi connectivity index (χ0n) is 23.6. The minimum Gasteiger partial charge on any atom is -0.492 e. The predicted octanol–water partition coefficient (Wildman–Crippen LogP) is 4.22. The van der Waals surface area contributed by atoms with Gasteiger partial charge in [-0.1, -0.05) is 24.8 Å². The van der Waals surface area contributed by atoms with Crippen molar-refractivity contribution in [3.63, 3.8) is 0 Å². The molecule has 3 aliphatic carbocycles. The van der Waals surface area contributed by atoms with Crippen LogP contribution in [0, 0.1) is 29.1 Å². The first-order valence-corrected chi connectivity index (χ1v) is 14.7. The molecule has 7 heteroatoms. The van der Waals surface area contributed by atoms with Gasteiger partial charge in [-0.25, -0.2) is 0 Å². The number of hydrogen-bond donors (Lipinski definition) is 2. The molecule has 0 unspecified atom stereocenters. The third-order valence-electron chi connectivity index (χ3n) is 10.6. The van der Waals surface area contributed by atoms with Gasteiger partial charge in [-0.2, -0.15) is 0 Å². The molecular weight excluding hydrogens is 506 g/mol. The van der Waals surface area contributed by atoms with E-state index in [2.05, 4.69) is 55.0 Å². The van der Waals surface area contributed by atoms with Crippen LogP contribution < -0.4 is 18.9 Å². The molecule has 0 radical (unpaired) electrons. The molecule has 2 aromatic rings. The number of aliphatic hydroxyl groups is 2.